The molecule has 0 bridgehead atoms. The van der Waals surface area contributed by atoms with Gasteiger partial charge in [0.05, 0.1) is 5.56 Å². The molecular formula is C27H15NO4. The number of H-pyrrole nitrogens is 1. The number of carbonyl (C=O) groups excluding carboxylic acids is 1. The van der Waals surface area contributed by atoms with Gasteiger partial charge in [-0.05, 0) is 63.3 Å². The summed E-state index contributed by atoms with van der Waals surface area (Å²) in [5, 5.41) is 5.19. The molecule has 0 atom stereocenters. The molecule has 0 amide bonds. The molecule has 0 unspecified atom stereocenters. The first-order valence-electron chi connectivity index (χ1n) is 10.1. The van der Waals surface area contributed by atoms with Gasteiger partial charge >= 0.3 is 5.63 Å². The van der Waals surface area contributed by atoms with Gasteiger partial charge < -0.3 is 9.40 Å². The Morgan fingerprint density at radius 3 is 1.88 bits per heavy atom. The van der Waals surface area contributed by atoms with Crippen molar-refractivity contribution in [3.8, 4) is 0 Å². The Morgan fingerprint density at radius 1 is 0.625 bits per heavy atom. The molecule has 0 aliphatic rings. The van der Waals surface area contributed by atoms with E-state index >= 15 is 0 Å². The predicted octanol–water partition coefficient (Wildman–Crippen LogP) is 5.17. The molecule has 1 N–H and O–H groups in total. The van der Waals surface area contributed by atoms with Crippen LogP contribution in [0, 0.1) is 0 Å². The number of aromatic amines is 1. The number of benzene rings is 4. The van der Waals surface area contributed by atoms with Crippen molar-refractivity contribution in [2.45, 2.75) is 0 Å². The molecule has 0 aliphatic carbocycles. The lowest BCUT2D eigenvalue weighted by Gasteiger charge is -2.06. The Bertz CT molecular complexity index is 1710. The standard InChI is InChI=1S/C27H15NO4/c29-25(21-11-19-9-15-5-1-3-7-17(15)13-23(19)28-26(21)30)22-12-20-10-16-6-2-4-8-18(16)14-24(20)32-27(22)31/h1-14H,(H,28,30). The third-order valence-corrected chi connectivity index (χ3v) is 5.80. The third-order valence-electron chi connectivity index (χ3n) is 5.80. The monoisotopic (exact) mass is 417 g/mol. The van der Waals surface area contributed by atoms with Crippen molar-refractivity contribution < 1.29 is 9.21 Å². The van der Waals surface area contributed by atoms with Crippen LogP contribution in [0.4, 0.5) is 0 Å². The SMILES string of the molecule is O=C(c1cc2cc3ccccc3cc2[nH]c1=O)c1cc2cc3ccccc3cc2oc1=O. The molecule has 0 saturated heterocycles. The topological polar surface area (TPSA) is 80.1 Å². The van der Waals surface area contributed by atoms with Crippen LogP contribution < -0.4 is 11.2 Å². The van der Waals surface area contributed by atoms with E-state index in [0.717, 1.165) is 21.5 Å². The fourth-order valence-corrected chi connectivity index (χ4v) is 4.18. The summed E-state index contributed by atoms with van der Waals surface area (Å²) in [6, 6.07) is 25.9. The summed E-state index contributed by atoms with van der Waals surface area (Å²) in [5.41, 5.74) is -0.559. The number of carbonyl (C=O) groups is 1. The first kappa shape index (κ1) is 18.3. The average molecular weight is 417 g/mol. The first-order valence-corrected chi connectivity index (χ1v) is 10.1. The Kier molecular flexibility index (Phi) is 3.86. The number of pyridine rings is 1. The van der Waals surface area contributed by atoms with Gasteiger partial charge in [0.25, 0.3) is 5.56 Å². The smallest absolute Gasteiger partial charge is 0.347 e. The number of ketones is 1. The van der Waals surface area contributed by atoms with Crippen LogP contribution in [0.3, 0.4) is 0 Å². The summed E-state index contributed by atoms with van der Waals surface area (Å²) in [7, 11) is 0. The van der Waals surface area contributed by atoms with Gasteiger partial charge in [-0.25, -0.2) is 4.79 Å². The normalized spacial score (nSPS) is 11.5. The maximum Gasteiger partial charge on any atom is 0.347 e. The Morgan fingerprint density at radius 2 is 1.19 bits per heavy atom. The number of fused-ring (bicyclic) bond motifs is 4. The molecule has 0 aliphatic heterocycles. The van der Waals surface area contributed by atoms with Crippen LogP contribution in [0.15, 0.2) is 98.9 Å². The van der Waals surface area contributed by atoms with Crippen LogP contribution in [-0.4, -0.2) is 10.8 Å². The number of rotatable bonds is 2. The molecule has 5 nitrogen and oxygen atoms in total. The van der Waals surface area contributed by atoms with Crippen molar-refractivity contribution in [1.29, 1.82) is 0 Å². The molecular weight excluding hydrogens is 402 g/mol. The lowest BCUT2D eigenvalue weighted by molar-refractivity contribution is 0.103. The molecule has 5 heteroatoms. The highest BCUT2D eigenvalue weighted by atomic mass is 16.4. The molecule has 0 saturated carbocycles. The molecule has 2 aromatic heterocycles. The van der Waals surface area contributed by atoms with Gasteiger partial charge in [-0.15, -0.1) is 0 Å². The van der Waals surface area contributed by atoms with Gasteiger partial charge in [-0.2, -0.15) is 0 Å². The molecule has 6 rings (SSSR count). The molecule has 152 valence electrons. The van der Waals surface area contributed by atoms with E-state index in [2.05, 4.69) is 4.98 Å². The Labute approximate surface area is 180 Å². The predicted molar refractivity (Wildman–Crippen MR) is 125 cm³/mol. The van der Waals surface area contributed by atoms with Gasteiger partial charge in [0, 0.05) is 10.9 Å². The van der Waals surface area contributed by atoms with Crippen molar-refractivity contribution in [3.63, 3.8) is 0 Å². The highest BCUT2D eigenvalue weighted by Gasteiger charge is 2.20. The van der Waals surface area contributed by atoms with Gasteiger partial charge in [-0.1, -0.05) is 48.5 Å². The fraction of sp³-hybridized carbons (Fsp3) is 0. The van der Waals surface area contributed by atoms with E-state index in [-0.39, 0.29) is 11.1 Å². The summed E-state index contributed by atoms with van der Waals surface area (Å²) in [6.45, 7) is 0. The third kappa shape index (κ3) is 2.83. The molecule has 0 fully saturated rings. The molecule has 2 heterocycles. The summed E-state index contributed by atoms with van der Waals surface area (Å²) in [4.78, 5) is 41.4. The quantitative estimate of drug-likeness (QED) is 0.239. The zero-order chi connectivity index (χ0) is 21.8. The second-order valence-corrected chi connectivity index (χ2v) is 7.81. The zero-order valence-electron chi connectivity index (χ0n) is 16.7. The lowest BCUT2D eigenvalue weighted by Crippen LogP contribution is -2.22. The largest absolute Gasteiger partial charge is 0.422 e. The summed E-state index contributed by atoms with van der Waals surface area (Å²) in [5.74, 6) is -0.662. The number of nitrogens with one attached hydrogen (secondary N) is 1. The van der Waals surface area contributed by atoms with E-state index in [1.54, 1.807) is 6.07 Å². The molecule has 0 radical (unpaired) electrons. The zero-order valence-corrected chi connectivity index (χ0v) is 16.7. The summed E-state index contributed by atoms with van der Waals surface area (Å²) in [6.07, 6.45) is 0. The van der Waals surface area contributed by atoms with Crippen molar-refractivity contribution in [3.05, 3.63) is 117 Å². The highest BCUT2D eigenvalue weighted by molar-refractivity contribution is 6.12. The van der Waals surface area contributed by atoms with Gasteiger partial charge in [0.2, 0.25) is 5.78 Å². The van der Waals surface area contributed by atoms with Crippen LogP contribution in [0.5, 0.6) is 0 Å². The molecule has 0 spiro atoms. The Hall–Kier alpha value is -4.51. The fourth-order valence-electron chi connectivity index (χ4n) is 4.18. The highest BCUT2D eigenvalue weighted by Crippen LogP contribution is 2.24. The minimum atomic E-state index is -0.768. The molecule has 32 heavy (non-hydrogen) atoms. The van der Waals surface area contributed by atoms with E-state index in [1.807, 2.05) is 66.7 Å². The second-order valence-electron chi connectivity index (χ2n) is 7.81. The minimum Gasteiger partial charge on any atom is -0.422 e. The van der Waals surface area contributed by atoms with Crippen molar-refractivity contribution in [2.75, 3.05) is 0 Å². The maximum atomic E-state index is 13.2. The lowest BCUT2D eigenvalue weighted by atomic mass is 10.0. The summed E-state index contributed by atoms with van der Waals surface area (Å²) >= 11 is 0. The number of hydrogen-bond acceptors (Lipinski definition) is 4. The Balaban J connectivity index is 1.54. The van der Waals surface area contributed by atoms with E-state index in [1.165, 1.54) is 12.1 Å². The summed E-state index contributed by atoms with van der Waals surface area (Å²) < 4.78 is 5.44. The average Bonchev–Trinajstić information content (AvgIpc) is 2.80. The maximum absolute atomic E-state index is 13.2. The second kappa shape index (κ2) is 6.75. The van der Waals surface area contributed by atoms with Crippen molar-refractivity contribution in [2.24, 2.45) is 0 Å². The van der Waals surface area contributed by atoms with Gasteiger partial charge in [0.15, 0.2) is 0 Å². The number of hydrogen-bond donors (Lipinski definition) is 1. The van der Waals surface area contributed by atoms with E-state index < -0.39 is 17.0 Å². The molecule has 4 aromatic carbocycles. The van der Waals surface area contributed by atoms with Crippen molar-refractivity contribution in [1.82, 2.24) is 4.98 Å². The van der Waals surface area contributed by atoms with E-state index in [9.17, 15) is 14.4 Å². The molecule has 6 aromatic rings. The van der Waals surface area contributed by atoms with Crippen LogP contribution in [0.25, 0.3) is 43.4 Å². The van der Waals surface area contributed by atoms with Crippen LogP contribution >= 0.6 is 0 Å². The van der Waals surface area contributed by atoms with Crippen LogP contribution in [-0.2, 0) is 0 Å². The van der Waals surface area contributed by atoms with Crippen LogP contribution in [0.1, 0.15) is 15.9 Å². The number of aromatic nitrogens is 1. The first-order chi connectivity index (χ1) is 15.6. The van der Waals surface area contributed by atoms with Crippen LogP contribution in [0.2, 0.25) is 0 Å². The van der Waals surface area contributed by atoms with Gasteiger partial charge in [0.1, 0.15) is 11.1 Å². The minimum absolute atomic E-state index is 0.0970. The van der Waals surface area contributed by atoms with Crippen molar-refractivity contribution >= 4 is 49.2 Å². The van der Waals surface area contributed by atoms with Gasteiger partial charge in [-0.3, -0.25) is 9.59 Å². The van der Waals surface area contributed by atoms with E-state index in [4.69, 9.17) is 4.42 Å². The van der Waals surface area contributed by atoms with E-state index in [0.29, 0.717) is 21.9 Å².